The van der Waals surface area contributed by atoms with Crippen LogP contribution in [0, 0.1) is 13.8 Å². The molecular weight excluding hydrogens is 246 g/mol. The highest BCUT2D eigenvalue weighted by molar-refractivity contribution is 5.95. The minimum atomic E-state index is -0.795. The van der Waals surface area contributed by atoms with Gasteiger partial charge in [0.05, 0.1) is 11.3 Å². The lowest BCUT2D eigenvalue weighted by Crippen LogP contribution is -2.48. The lowest BCUT2D eigenvalue weighted by molar-refractivity contribution is -0.0300. The van der Waals surface area contributed by atoms with Gasteiger partial charge in [0, 0.05) is 13.6 Å². The molecule has 1 aliphatic carbocycles. The molecule has 6 nitrogen and oxygen atoms in total. The minimum Gasteiger partial charge on any atom is -0.388 e. The van der Waals surface area contributed by atoms with Crippen molar-refractivity contribution in [2.75, 3.05) is 6.54 Å². The fourth-order valence-corrected chi connectivity index (χ4v) is 2.21. The Hall–Kier alpha value is -1.69. The predicted octanol–water partition coefficient (Wildman–Crippen LogP) is 0.0419. The zero-order chi connectivity index (χ0) is 14.2. The summed E-state index contributed by atoms with van der Waals surface area (Å²) in [6.07, 6.45) is 2.36. The zero-order valence-corrected chi connectivity index (χ0v) is 11.5. The lowest BCUT2D eigenvalue weighted by atomic mass is 9.80. The van der Waals surface area contributed by atoms with E-state index < -0.39 is 17.1 Å². The molecule has 0 aliphatic heterocycles. The van der Waals surface area contributed by atoms with Crippen molar-refractivity contribution in [2.45, 2.75) is 38.7 Å². The number of rotatable bonds is 3. The van der Waals surface area contributed by atoms with Gasteiger partial charge in [-0.1, -0.05) is 0 Å². The molecule has 1 saturated carbocycles. The maximum absolute atomic E-state index is 12.1. The van der Waals surface area contributed by atoms with Gasteiger partial charge in [-0.2, -0.15) is 5.10 Å². The average molecular weight is 265 g/mol. The van der Waals surface area contributed by atoms with Crippen LogP contribution in [0.15, 0.2) is 4.79 Å². The second-order valence-electron chi connectivity index (χ2n) is 5.27. The van der Waals surface area contributed by atoms with E-state index in [0.717, 1.165) is 11.1 Å². The molecule has 2 rings (SSSR count). The van der Waals surface area contributed by atoms with Crippen molar-refractivity contribution in [1.29, 1.82) is 0 Å². The average Bonchev–Trinajstić information content (AvgIpc) is 2.32. The van der Waals surface area contributed by atoms with E-state index in [1.54, 1.807) is 13.8 Å². The number of nitrogens with zero attached hydrogens (tertiary/aromatic N) is 2. The number of nitrogens with one attached hydrogen (secondary N) is 1. The van der Waals surface area contributed by atoms with Crippen LogP contribution >= 0.6 is 0 Å². The van der Waals surface area contributed by atoms with E-state index in [1.165, 1.54) is 7.05 Å². The molecule has 0 saturated heterocycles. The van der Waals surface area contributed by atoms with Crippen LogP contribution in [0.3, 0.4) is 0 Å². The van der Waals surface area contributed by atoms with Gasteiger partial charge in [-0.05, 0) is 38.7 Å². The number of aliphatic hydroxyl groups is 1. The topological polar surface area (TPSA) is 84.2 Å². The van der Waals surface area contributed by atoms with Crippen LogP contribution in [0.4, 0.5) is 0 Å². The van der Waals surface area contributed by atoms with Gasteiger partial charge in [0.15, 0.2) is 0 Å². The highest BCUT2D eigenvalue weighted by Gasteiger charge is 2.35. The van der Waals surface area contributed by atoms with Crippen LogP contribution in [-0.2, 0) is 7.05 Å². The summed E-state index contributed by atoms with van der Waals surface area (Å²) in [7, 11) is 1.52. The van der Waals surface area contributed by atoms with Crippen molar-refractivity contribution < 1.29 is 9.90 Å². The monoisotopic (exact) mass is 265 g/mol. The van der Waals surface area contributed by atoms with Gasteiger partial charge in [0.1, 0.15) is 5.56 Å². The van der Waals surface area contributed by atoms with E-state index >= 15 is 0 Å². The van der Waals surface area contributed by atoms with Crippen molar-refractivity contribution in [3.8, 4) is 0 Å². The molecule has 0 spiro atoms. The molecule has 0 bridgehead atoms. The summed E-state index contributed by atoms with van der Waals surface area (Å²) < 4.78 is 1.16. The number of aryl methyl sites for hydroxylation is 2. The SMILES string of the molecule is Cc1nn(C)c(=O)c(C(=O)NCC2(O)CCC2)c1C. The normalized spacial score (nSPS) is 16.8. The Bertz CT molecular complexity index is 573. The summed E-state index contributed by atoms with van der Waals surface area (Å²) in [4.78, 5) is 24.1. The Morgan fingerprint density at radius 2 is 2.11 bits per heavy atom. The number of aromatic nitrogens is 2. The minimum absolute atomic E-state index is 0.109. The van der Waals surface area contributed by atoms with Crippen molar-refractivity contribution >= 4 is 5.91 Å². The standard InChI is InChI=1S/C13H19N3O3/c1-8-9(2)15-16(3)12(18)10(8)11(17)14-7-13(19)5-4-6-13/h19H,4-7H2,1-3H3,(H,14,17). The fraction of sp³-hybridized carbons (Fsp3) is 0.615. The van der Waals surface area contributed by atoms with E-state index in [-0.39, 0.29) is 12.1 Å². The molecule has 1 fully saturated rings. The van der Waals surface area contributed by atoms with E-state index in [9.17, 15) is 14.7 Å². The first-order valence-electron chi connectivity index (χ1n) is 6.39. The molecule has 1 heterocycles. The molecular formula is C13H19N3O3. The first kappa shape index (κ1) is 13.7. The molecule has 1 aliphatic rings. The molecule has 1 aromatic rings. The molecule has 19 heavy (non-hydrogen) atoms. The molecule has 1 aromatic heterocycles. The van der Waals surface area contributed by atoms with Gasteiger partial charge in [-0.15, -0.1) is 0 Å². The quantitative estimate of drug-likeness (QED) is 0.808. The zero-order valence-electron chi connectivity index (χ0n) is 11.5. The first-order chi connectivity index (χ1) is 8.84. The van der Waals surface area contributed by atoms with Gasteiger partial charge in [-0.3, -0.25) is 9.59 Å². The molecule has 1 amide bonds. The Kier molecular flexibility index (Phi) is 3.45. The summed E-state index contributed by atoms with van der Waals surface area (Å²) in [6, 6.07) is 0. The fourth-order valence-electron chi connectivity index (χ4n) is 2.21. The third kappa shape index (κ3) is 2.53. The van der Waals surface area contributed by atoms with Crippen molar-refractivity contribution in [3.05, 3.63) is 27.2 Å². The van der Waals surface area contributed by atoms with Gasteiger partial charge >= 0.3 is 0 Å². The highest BCUT2D eigenvalue weighted by atomic mass is 16.3. The Morgan fingerprint density at radius 3 is 2.63 bits per heavy atom. The highest BCUT2D eigenvalue weighted by Crippen LogP contribution is 2.30. The second kappa shape index (κ2) is 4.77. The molecule has 0 unspecified atom stereocenters. The van der Waals surface area contributed by atoms with Gasteiger partial charge in [0.2, 0.25) is 0 Å². The second-order valence-corrected chi connectivity index (χ2v) is 5.27. The number of hydrogen-bond acceptors (Lipinski definition) is 4. The van der Waals surface area contributed by atoms with E-state index in [0.29, 0.717) is 24.1 Å². The van der Waals surface area contributed by atoms with Crippen LogP contribution in [0.5, 0.6) is 0 Å². The third-order valence-electron chi connectivity index (χ3n) is 3.81. The van der Waals surface area contributed by atoms with Gasteiger partial charge in [-0.25, -0.2) is 4.68 Å². The van der Waals surface area contributed by atoms with Crippen LogP contribution in [0.25, 0.3) is 0 Å². The maximum Gasteiger partial charge on any atom is 0.279 e. The van der Waals surface area contributed by atoms with E-state index in [1.807, 2.05) is 0 Å². The summed E-state index contributed by atoms with van der Waals surface area (Å²) in [5, 5.41) is 16.6. The largest absolute Gasteiger partial charge is 0.388 e. The van der Waals surface area contributed by atoms with E-state index in [2.05, 4.69) is 10.4 Å². The lowest BCUT2D eigenvalue weighted by Gasteiger charge is -2.36. The number of hydrogen-bond donors (Lipinski definition) is 2. The van der Waals surface area contributed by atoms with Gasteiger partial charge < -0.3 is 10.4 Å². The van der Waals surface area contributed by atoms with Crippen molar-refractivity contribution in [1.82, 2.24) is 15.1 Å². The Morgan fingerprint density at radius 1 is 1.47 bits per heavy atom. The third-order valence-corrected chi connectivity index (χ3v) is 3.81. The summed E-state index contributed by atoms with van der Waals surface area (Å²) in [6.45, 7) is 3.65. The van der Waals surface area contributed by atoms with Crippen LogP contribution < -0.4 is 10.9 Å². The molecule has 2 N–H and O–H groups in total. The smallest absolute Gasteiger partial charge is 0.279 e. The maximum atomic E-state index is 12.1. The molecule has 0 aromatic carbocycles. The molecule has 104 valence electrons. The summed E-state index contributed by atoms with van der Waals surface area (Å²) in [5.41, 5.74) is 0.131. The summed E-state index contributed by atoms with van der Waals surface area (Å²) >= 11 is 0. The van der Waals surface area contributed by atoms with Gasteiger partial charge in [0.25, 0.3) is 11.5 Å². The van der Waals surface area contributed by atoms with E-state index in [4.69, 9.17) is 0 Å². The summed E-state index contributed by atoms with van der Waals surface area (Å²) in [5.74, 6) is -0.441. The van der Waals surface area contributed by atoms with Crippen molar-refractivity contribution in [2.24, 2.45) is 7.05 Å². The number of carbonyl (C=O) groups is 1. The molecule has 0 radical (unpaired) electrons. The Balaban J connectivity index is 2.21. The molecule has 6 heteroatoms. The predicted molar refractivity (Wildman–Crippen MR) is 70.1 cm³/mol. The Labute approximate surface area is 111 Å². The first-order valence-corrected chi connectivity index (χ1v) is 6.39. The van der Waals surface area contributed by atoms with Crippen LogP contribution in [0.2, 0.25) is 0 Å². The van der Waals surface area contributed by atoms with Crippen LogP contribution in [0.1, 0.15) is 40.9 Å². The van der Waals surface area contributed by atoms with Crippen molar-refractivity contribution in [3.63, 3.8) is 0 Å². The number of carbonyl (C=O) groups excluding carboxylic acids is 1. The van der Waals surface area contributed by atoms with Crippen LogP contribution in [-0.4, -0.2) is 32.9 Å². The molecule has 0 atom stereocenters. The number of amides is 1.